The Morgan fingerprint density at radius 3 is 1.72 bits per heavy atom. The molecule has 220 valence electrons. The molecule has 0 aliphatic heterocycles. The van der Waals surface area contributed by atoms with Gasteiger partial charge in [0.1, 0.15) is 11.2 Å². The van der Waals surface area contributed by atoms with E-state index in [0.717, 1.165) is 49.6 Å². The van der Waals surface area contributed by atoms with Gasteiger partial charge in [-0.25, -0.2) is 15.0 Å². The van der Waals surface area contributed by atoms with Crippen molar-refractivity contribution in [3.63, 3.8) is 0 Å². The van der Waals surface area contributed by atoms with Crippen LogP contribution in [0.25, 0.3) is 89.1 Å². The van der Waals surface area contributed by atoms with Gasteiger partial charge in [0.15, 0.2) is 17.5 Å². The predicted molar refractivity (Wildman–Crippen MR) is 192 cm³/mol. The van der Waals surface area contributed by atoms with Crippen molar-refractivity contribution in [3.8, 4) is 56.4 Å². The molecule has 0 amide bonds. The number of benzene rings is 7. The van der Waals surface area contributed by atoms with Gasteiger partial charge in [0.05, 0.1) is 0 Å². The fourth-order valence-electron chi connectivity index (χ4n) is 6.45. The first-order valence-electron chi connectivity index (χ1n) is 15.7. The molecule has 0 aliphatic rings. The van der Waals surface area contributed by atoms with Crippen molar-refractivity contribution in [1.29, 1.82) is 0 Å². The minimum atomic E-state index is 0.604. The Labute approximate surface area is 271 Å². The van der Waals surface area contributed by atoms with Crippen LogP contribution in [0.15, 0.2) is 168 Å². The van der Waals surface area contributed by atoms with Gasteiger partial charge in [-0.15, -0.1) is 0 Å². The van der Waals surface area contributed by atoms with Crippen LogP contribution in [0.3, 0.4) is 0 Å². The van der Waals surface area contributed by atoms with E-state index in [0.29, 0.717) is 17.5 Å². The molecule has 9 aromatic rings. The van der Waals surface area contributed by atoms with E-state index in [9.17, 15) is 0 Å². The second-order valence-electron chi connectivity index (χ2n) is 11.6. The van der Waals surface area contributed by atoms with Gasteiger partial charge < -0.3 is 4.42 Å². The van der Waals surface area contributed by atoms with Crippen molar-refractivity contribution in [3.05, 3.63) is 164 Å². The van der Waals surface area contributed by atoms with E-state index in [-0.39, 0.29) is 0 Å². The molecule has 0 saturated carbocycles. The zero-order valence-electron chi connectivity index (χ0n) is 25.3. The van der Waals surface area contributed by atoms with Crippen LogP contribution in [0.5, 0.6) is 0 Å². The smallest absolute Gasteiger partial charge is 0.164 e. The largest absolute Gasteiger partial charge is 0.456 e. The lowest BCUT2D eigenvalue weighted by atomic mass is 9.97. The lowest BCUT2D eigenvalue weighted by Gasteiger charge is -2.11. The number of hydrogen-bond acceptors (Lipinski definition) is 4. The van der Waals surface area contributed by atoms with E-state index >= 15 is 0 Å². The molecule has 0 radical (unpaired) electrons. The third-order valence-corrected chi connectivity index (χ3v) is 8.75. The Hall–Kier alpha value is -6.39. The lowest BCUT2D eigenvalue weighted by Crippen LogP contribution is -2.00. The van der Waals surface area contributed by atoms with Gasteiger partial charge in [0.2, 0.25) is 0 Å². The highest BCUT2D eigenvalue weighted by atomic mass is 16.3. The summed E-state index contributed by atoms with van der Waals surface area (Å²) in [7, 11) is 0. The molecule has 4 heteroatoms. The van der Waals surface area contributed by atoms with Gasteiger partial charge in [0, 0.05) is 27.5 Å². The first-order valence-corrected chi connectivity index (χ1v) is 15.7. The maximum Gasteiger partial charge on any atom is 0.164 e. The summed E-state index contributed by atoms with van der Waals surface area (Å²) in [5.41, 5.74) is 9.10. The van der Waals surface area contributed by atoms with Crippen molar-refractivity contribution in [2.24, 2.45) is 0 Å². The van der Waals surface area contributed by atoms with Crippen LogP contribution in [-0.2, 0) is 0 Å². The van der Waals surface area contributed by atoms with Crippen molar-refractivity contribution in [2.45, 2.75) is 0 Å². The van der Waals surface area contributed by atoms with Crippen LogP contribution in [-0.4, -0.2) is 15.0 Å². The summed E-state index contributed by atoms with van der Waals surface area (Å²) in [6, 6.07) is 56.4. The molecule has 0 N–H and O–H groups in total. The molecule has 0 saturated heterocycles. The van der Waals surface area contributed by atoms with Gasteiger partial charge in [-0.2, -0.15) is 0 Å². The molecule has 47 heavy (non-hydrogen) atoms. The maximum absolute atomic E-state index is 6.22. The third kappa shape index (κ3) is 4.84. The molecule has 0 fully saturated rings. The van der Waals surface area contributed by atoms with Crippen LogP contribution in [0.1, 0.15) is 0 Å². The highest BCUT2D eigenvalue weighted by molar-refractivity contribution is 6.11. The molecule has 2 aromatic heterocycles. The third-order valence-electron chi connectivity index (χ3n) is 8.75. The Morgan fingerprint density at radius 1 is 0.340 bits per heavy atom. The number of nitrogens with zero attached hydrogens (tertiary/aromatic N) is 3. The second kappa shape index (κ2) is 11.2. The Bertz CT molecular complexity index is 2550. The summed E-state index contributed by atoms with van der Waals surface area (Å²) in [5.74, 6) is 1.84. The minimum absolute atomic E-state index is 0.604. The number of furan rings is 1. The van der Waals surface area contributed by atoms with E-state index in [1.54, 1.807) is 0 Å². The van der Waals surface area contributed by atoms with E-state index in [2.05, 4.69) is 121 Å². The molecule has 0 spiro atoms. The summed E-state index contributed by atoms with van der Waals surface area (Å²) in [4.78, 5) is 15.3. The molecule has 0 atom stereocenters. The number of fused-ring (bicyclic) bond motifs is 4. The Kier molecular flexibility index (Phi) is 6.43. The summed E-state index contributed by atoms with van der Waals surface area (Å²) < 4.78 is 6.22. The fourth-order valence-corrected chi connectivity index (χ4v) is 6.45. The first-order chi connectivity index (χ1) is 23.3. The highest BCUT2D eigenvalue weighted by Gasteiger charge is 2.18. The summed E-state index contributed by atoms with van der Waals surface area (Å²) >= 11 is 0. The molecule has 4 nitrogen and oxygen atoms in total. The summed E-state index contributed by atoms with van der Waals surface area (Å²) in [6.07, 6.45) is 0. The predicted octanol–water partition coefficient (Wildman–Crippen LogP) is 11.3. The molecule has 7 aromatic carbocycles. The van der Waals surface area contributed by atoms with Gasteiger partial charge in [0.25, 0.3) is 0 Å². The number of para-hydroxylation sites is 1. The van der Waals surface area contributed by atoms with Crippen LogP contribution >= 0.6 is 0 Å². The normalized spacial score (nSPS) is 11.4. The highest BCUT2D eigenvalue weighted by Crippen LogP contribution is 2.37. The first kappa shape index (κ1) is 27.0. The van der Waals surface area contributed by atoms with Crippen molar-refractivity contribution >= 4 is 32.7 Å². The zero-order valence-corrected chi connectivity index (χ0v) is 25.3. The number of hydrogen-bond donors (Lipinski definition) is 0. The van der Waals surface area contributed by atoms with Crippen LogP contribution in [0, 0.1) is 0 Å². The molecule has 0 bridgehead atoms. The van der Waals surface area contributed by atoms with Gasteiger partial charge in [-0.05, 0) is 51.2 Å². The van der Waals surface area contributed by atoms with Crippen molar-refractivity contribution < 1.29 is 4.42 Å². The topological polar surface area (TPSA) is 51.8 Å². The van der Waals surface area contributed by atoms with Crippen molar-refractivity contribution in [1.82, 2.24) is 15.0 Å². The number of rotatable bonds is 5. The summed E-state index contributed by atoms with van der Waals surface area (Å²) in [6.45, 7) is 0. The minimum Gasteiger partial charge on any atom is -0.456 e. The van der Waals surface area contributed by atoms with E-state index < -0.39 is 0 Å². The lowest BCUT2D eigenvalue weighted by molar-refractivity contribution is 0.669. The van der Waals surface area contributed by atoms with Gasteiger partial charge >= 0.3 is 0 Å². The molecule has 9 rings (SSSR count). The SMILES string of the molecule is c1ccc(-c2ccc(-c3nc(-c4ccc5c(-c6ccccc6)cccc5c4)nc(-c4cccc5oc6ccccc6c45)n3)cc2)cc1. The molecule has 0 aliphatic carbocycles. The quantitative estimate of drug-likeness (QED) is 0.197. The Balaban J connectivity index is 1.23. The van der Waals surface area contributed by atoms with Crippen LogP contribution in [0.4, 0.5) is 0 Å². The average Bonchev–Trinajstić information content (AvgIpc) is 3.54. The molecule has 2 heterocycles. The van der Waals surface area contributed by atoms with Crippen LogP contribution < -0.4 is 0 Å². The van der Waals surface area contributed by atoms with Gasteiger partial charge in [-0.1, -0.05) is 146 Å². The van der Waals surface area contributed by atoms with Gasteiger partial charge in [-0.3, -0.25) is 0 Å². The van der Waals surface area contributed by atoms with Crippen LogP contribution in [0.2, 0.25) is 0 Å². The molecular weight excluding hydrogens is 574 g/mol. The van der Waals surface area contributed by atoms with E-state index in [1.165, 1.54) is 22.1 Å². The van der Waals surface area contributed by atoms with Crippen molar-refractivity contribution in [2.75, 3.05) is 0 Å². The van der Waals surface area contributed by atoms with E-state index in [1.807, 2.05) is 42.5 Å². The average molecular weight is 602 g/mol. The molecular formula is C43H27N3O. The van der Waals surface area contributed by atoms with E-state index in [4.69, 9.17) is 19.4 Å². The second-order valence-corrected chi connectivity index (χ2v) is 11.6. The zero-order chi connectivity index (χ0) is 31.2. The fraction of sp³-hybridized carbons (Fsp3) is 0. The Morgan fingerprint density at radius 2 is 0.915 bits per heavy atom. The summed E-state index contributed by atoms with van der Waals surface area (Å²) in [5, 5.41) is 4.34. The monoisotopic (exact) mass is 601 g/mol. The maximum atomic E-state index is 6.22. The number of aromatic nitrogens is 3. The standard InChI is InChI=1S/C43H27N3O/c1-3-11-28(12-4-1)29-21-23-31(24-22-29)41-44-42(33-25-26-35-32(27-33)15-9-17-34(35)30-13-5-2-6-14-30)46-43(45-41)37-18-10-20-39-40(37)36-16-7-8-19-38(36)47-39/h1-27H. The molecule has 0 unspecified atom stereocenters.